The fourth-order valence-corrected chi connectivity index (χ4v) is 0. The Balaban J connectivity index is -0.0000000183. The molecule has 1 radical (unpaired) electrons. The molecular formula is C5H16NOV-. The Labute approximate surface area is 64.6 Å². The second kappa shape index (κ2) is 50.6. The maximum absolute atomic E-state index is 4.53. The van der Waals surface area contributed by atoms with Gasteiger partial charge in [-0.05, 0) is 6.92 Å². The topological polar surface area (TPSA) is 35.2 Å². The zero-order chi connectivity index (χ0) is 5.41. The van der Waals surface area contributed by atoms with E-state index in [1.54, 1.807) is 0 Å². The first kappa shape index (κ1) is 23.6. The molecule has 0 aliphatic rings. The van der Waals surface area contributed by atoms with Gasteiger partial charge in [0.15, 0.2) is 0 Å². The van der Waals surface area contributed by atoms with Crippen molar-refractivity contribution in [2.45, 2.75) is 20.8 Å². The van der Waals surface area contributed by atoms with Gasteiger partial charge in [0.05, 0.1) is 6.61 Å². The van der Waals surface area contributed by atoms with Crippen LogP contribution in [-0.2, 0) is 23.4 Å². The summed E-state index contributed by atoms with van der Waals surface area (Å²) in [6.07, 6.45) is 0. The monoisotopic (exact) mass is 157 g/mol. The van der Waals surface area contributed by atoms with Gasteiger partial charge in [-0.3, -0.25) is 0 Å². The summed E-state index contributed by atoms with van der Waals surface area (Å²) in [4.78, 5) is 4.04. The van der Waals surface area contributed by atoms with Crippen LogP contribution >= 0.6 is 0 Å². The number of nitrogens with two attached hydrogens (primary N) is 1. The van der Waals surface area contributed by atoms with Gasteiger partial charge in [0, 0.05) is 18.6 Å². The molecule has 2 N–H and O–H groups in total. The van der Waals surface area contributed by atoms with Crippen molar-refractivity contribution in [1.82, 2.24) is 0 Å². The first-order valence-electron chi connectivity index (χ1n) is 2.23. The smallest absolute Gasteiger partial charge is 0.0651 e. The molecule has 53 valence electrons. The molecule has 0 unspecified atom stereocenters. The molecule has 0 aromatic carbocycles. The Morgan fingerprint density at radius 2 is 1.50 bits per heavy atom. The summed E-state index contributed by atoms with van der Waals surface area (Å²) >= 11 is 0. The Kier molecular flexibility index (Phi) is 149. The molecule has 0 aromatic rings. The SMILES string of the molecule is CC.CCON.[CH3-].[V]. The van der Waals surface area contributed by atoms with Crippen molar-refractivity contribution in [3.05, 3.63) is 7.43 Å². The molecular weight excluding hydrogens is 141 g/mol. The minimum Gasteiger partial charge on any atom is -0.358 e. The van der Waals surface area contributed by atoms with E-state index in [1.807, 2.05) is 20.8 Å². The van der Waals surface area contributed by atoms with Crippen molar-refractivity contribution in [2.75, 3.05) is 6.61 Å². The van der Waals surface area contributed by atoms with E-state index in [0.717, 1.165) is 0 Å². The Bertz CT molecular complexity index is 14.4. The minimum absolute atomic E-state index is 0. The Morgan fingerprint density at radius 1 is 1.38 bits per heavy atom. The van der Waals surface area contributed by atoms with Crippen LogP contribution in [0.15, 0.2) is 0 Å². The Morgan fingerprint density at radius 3 is 1.50 bits per heavy atom. The molecule has 0 bridgehead atoms. The molecule has 0 saturated heterocycles. The van der Waals surface area contributed by atoms with Gasteiger partial charge in [0.2, 0.25) is 0 Å². The van der Waals surface area contributed by atoms with Crippen LogP contribution in [0, 0.1) is 7.43 Å². The van der Waals surface area contributed by atoms with Gasteiger partial charge >= 0.3 is 0 Å². The van der Waals surface area contributed by atoms with Crippen molar-refractivity contribution in [2.24, 2.45) is 5.90 Å². The molecule has 0 spiro atoms. The number of rotatable bonds is 1. The third-order valence-corrected chi connectivity index (χ3v) is 0.167. The quantitative estimate of drug-likeness (QED) is 0.461. The average molecular weight is 157 g/mol. The maximum Gasteiger partial charge on any atom is 0.0651 e. The van der Waals surface area contributed by atoms with Crippen molar-refractivity contribution >= 4 is 0 Å². The largest absolute Gasteiger partial charge is 0.358 e. The van der Waals surface area contributed by atoms with Gasteiger partial charge in [-0.2, -0.15) is 0 Å². The van der Waals surface area contributed by atoms with Gasteiger partial charge in [0.25, 0.3) is 0 Å². The molecule has 0 aromatic heterocycles. The fourth-order valence-electron chi connectivity index (χ4n) is 0. The second-order valence-electron chi connectivity index (χ2n) is 0.455. The van der Waals surface area contributed by atoms with Gasteiger partial charge in [-0.15, -0.1) is 0 Å². The van der Waals surface area contributed by atoms with Crippen LogP contribution in [0.3, 0.4) is 0 Å². The molecule has 3 heteroatoms. The molecule has 2 nitrogen and oxygen atoms in total. The van der Waals surface area contributed by atoms with Crippen molar-refractivity contribution < 1.29 is 23.4 Å². The number of hydrogen-bond acceptors (Lipinski definition) is 2. The summed E-state index contributed by atoms with van der Waals surface area (Å²) in [6.45, 7) is 6.43. The molecule has 8 heavy (non-hydrogen) atoms. The summed E-state index contributed by atoms with van der Waals surface area (Å²) in [6, 6.07) is 0. The predicted octanol–water partition coefficient (Wildman–Crippen LogP) is 1.37. The van der Waals surface area contributed by atoms with Crippen LogP contribution in [0.4, 0.5) is 0 Å². The predicted molar refractivity (Wildman–Crippen MR) is 33.6 cm³/mol. The molecule has 0 aliphatic heterocycles. The Hall–Kier alpha value is 0.504. The third kappa shape index (κ3) is 87.1. The summed E-state index contributed by atoms with van der Waals surface area (Å²) in [7, 11) is 0. The van der Waals surface area contributed by atoms with E-state index in [2.05, 4.69) is 10.7 Å². The summed E-state index contributed by atoms with van der Waals surface area (Å²) < 4.78 is 0. The molecule has 0 atom stereocenters. The van der Waals surface area contributed by atoms with Gasteiger partial charge in [-0.1, -0.05) is 13.8 Å². The van der Waals surface area contributed by atoms with Crippen LogP contribution in [0.1, 0.15) is 20.8 Å². The normalized spacial score (nSPS) is 4.50. The fraction of sp³-hybridized carbons (Fsp3) is 0.800. The number of hydrogen-bond donors (Lipinski definition) is 1. The van der Waals surface area contributed by atoms with E-state index >= 15 is 0 Å². The first-order valence-corrected chi connectivity index (χ1v) is 2.23. The second-order valence-corrected chi connectivity index (χ2v) is 0.455. The van der Waals surface area contributed by atoms with E-state index in [-0.39, 0.29) is 26.0 Å². The van der Waals surface area contributed by atoms with E-state index in [0.29, 0.717) is 6.61 Å². The molecule has 0 heterocycles. The van der Waals surface area contributed by atoms with E-state index in [1.165, 1.54) is 0 Å². The van der Waals surface area contributed by atoms with E-state index in [9.17, 15) is 0 Å². The van der Waals surface area contributed by atoms with Gasteiger partial charge in [0.1, 0.15) is 0 Å². The van der Waals surface area contributed by atoms with E-state index < -0.39 is 0 Å². The summed E-state index contributed by atoms with van der Waals surface area (Å²) in [5.41, 5.74) is 0. The van der Waals surface area contributed by atoms with Crippen LogP contribution in [0.25, 0.3) is 0 Å². The molecule has 0 amide bonds. The van der Waals surface area contributed by atoms with Crippen LogP contribution in [0.5, 0.6) is 0 Å². The molecule has 0 fully saturated rings. The van der Waals surface area contributed by atoms with E-state index in [4.69, 9.17) is 0 Å². The van der Waals surface area contributed by atoms with Gasteiger partial charge in [-0.25, -0.2) is 5.90 Å². The van der Waals surface area contributed by atoms with Crippen molar-refractivity contribution in [1.29, 1.82) is 0 Å². The third-order valence-electron chi connectivity index (χ3n) is 0.167. The summed E-state index contributed by atoms with van der Waals surface area (Å²) in [5.74, 6) is 4.53. The average Bonchev–Trinajstić information content (AvgIpc) is 1.72. The maximum atomic E-state index is 4.53. The summed E-state index contributed by atoms with van der Waals surface area (Å²) in [5, 5.41) is 0. The molecule has 0 saturated carbocycles. The van der Waals surface area contributed by atoms with Crippen LogP contribution in [-0.4, -0.2) is 6.61 Å². The van der Waals surface area contributed by atoms with Gasteiger partial charge < -0.3 is 12.3 Å². The van der Waals surface area contributed by atoms with Crippen molar-refractivity contribution in [3.63, 3.8) is 0 Å². The first-order chi connectivity index (χ1) is 2.91. The molecule has 0 rings (SSSR count). The van der Waals surface area contributed by atoms with Crippen molar-refractivity contribution in [3.8, 4) is 0 Å². The van der Waals surface area contributed by atoms with Crippen LogP contribution in [0.2, 0.25) is 0 Å². The van der Waals surface area contributed by atoms with Crippen LogP contribution < -0.4 is 5.90 Å². The zero-order valence-corrected chi connectivity index (χ0v) is 7.54. The zero-order valence-electron chi connectivity index (χ0n) is 6.14. The standard InChI is InChI=1S/C2H7NO.C2H6.CH3.V/c1-2-4-3;1-2;;/h2-3H2,1H3;1-2H3;1H3;/q;;-1;. The molecule has 0 aliphatic carbocycles. The minimum atomic E-state index is 0.